The third kappa shape index (κ3) is 3.53. The Balaban J connectivity index is 1.72. The highest BCUT2D eigenvalue weighted by atomic mass is 16.6. The summed E-state index contributed by atoms with van der Waals surface area (Å²) in [5.74, 6) is 0. The lowest BCUT2D eigenvalue weighted by molar-refractivity contribution is 0.0584. The van der Waals surface area contributed by atoms with Crippen molar-refractivity contribution < 1.29 is 9.53 Å². The summed E-state index contributed by atoms with van der Waals surface area (Å²) in [6.45, 7) is 8.38. The van der Waals surface area contributed by atoms with Crippen LogP contribution in [0, 0.1) is 0 Å². The summed E-state index contributed by atoms with van der Waals surface area (Å²) >= 11 is 0. The lowest BCUT2D eigenvalue weighted by Crippen LogP contribution is -2.35. The molecule has 0 aliphatic carbocycles. The number of carbonyl (C=O) groups excluding carboxylic acids is 1. The van der Waals surface area contributed by atoms with Crippen LogP contribution >= 0.6 is 0 Å². The zero-order chi connectivity index (χ0) is 17.3. The fraction of sp³-hybridized carbons (Fsp3) is 0.444. The van der Waals surface area contributed by atoms with Crippen molar-refractivity contribution >= 4 is 17.5 Å². The molecular weight excluding hydrogens is 304 g/mol. The van der Waals surface area contributed by atoms with Crippen LogP contribution in [0.25, 0.3) is 0 Å². The van der Waals surface area contributed by atoms with Gasteiger partial charge in [-0.15, -0.1) is 0 Å². The number of benzene rings is 1. The van der Waals surface area contributed by atoms with E-state index in [-0.39, 0.29) is 12.1 Å². The van der Waals surface area contributed by atoms with Gasteiger partial charge in [0, 0.05) is 18.4 Å². The summed E-state index contributed by atoms with van der Waals surface area (Å²) in [5, 5.41) is 10.4. The first-order valence-electron chi connectivity index (χ1n) is 8.23. The Hall–Kier alpha value is -2.50. The fourth-order valence-corrected chi connectivity index (χ4v) is 2.83. The SMILES string of the molecule is CC(Nc1ccc2c(c1)CCN2C(=O)OC(C)(C)C)c1ccn[nH]1. The molecule has 1 aliphatic heterocycles. The Kier molecular flexibility index (Phi) is 4.22. The van der Waals surface area contributed by atoms with Crippen LogP contribution < -0.4 is 10.2 Å². The number of aromatic nitrogens is 2. The molecule has 1 unspecified atom stereocenters. The number of hydrogen-bond donors (Lipinski definition) is 2. The molecule has 1 aliphatic rings. The molecule has 0 bridgehead atoms. The van der Waals surface area contributed by atoms with E-state index in [1.165, 1.54) is 0 Å². The minimum atomic E-state index is -0.485. The van der Waals surface area contributed by atoms with Crippen LogP contribution in [0.5, 0.6) is 0 Å². The van der Waals surface area contributed by atoms with Crippen molar-refractivity contribution in [1.29, 1.82) is 0 Å². The predicted molar refractivity (Wildman–Crippen MR) is 94.4 cm³/mol. The number of H-pyrrole nitrogens is 1. The van der Waals surface area contributed by atoms with E-state index >= 15 is 0 Å². The molecule has 3 rings (SSSR count). The Morgan fingerprint density at radius 3 is 2.83 bits per heavy atom. The number of carbonyl (C=O) groups is 1. The smallest absolute Gasteiger partial charge is 0.414 e. The van der Waals surface area contributed by atoms with Gasteiger partial charge in [0.15, 0.2) is 0 Å². The van der Waals surface area contributed by atoms with Crippen molar-refractivity contribution in [3.8, 4) is 0 Å². The number of nitrogens with zero attached hydrogens (tertiary/aromatic N) is 2. The van der Waals surface area contributed by atoms with Crippen LogP contribution in [0.4, 0.5) is 16.2 Å². The van der Waals surface area contributed by atoms with Gasteiger partial charge in [-0.05, 0) is 63.9 Å². The summed E-state index contributed by atoms with van der Waals surface area (Å²) in [7, 11) is 0. The number of aromatic amines is 1. The average molecular weight is 328 g/mol. The van der Waals surface area contributed by atoms with Crippen LogP contribution in [-0.2, 0) is 11.2 Å². The van der Waals surface area contributed by atoms with Gasteiger partial charge in [0.1, 0.15) is 5.60 Å². The normalized spacial score (nSPS) is 15.1. The maximum atomic E-state index is 12.3. The molecule has 0 saturated heterocycles. The number of hydrogen-bond acceptors (Lipinski definition) is 4. The van der Waals surface area contributed by atoms with E-state index in [4.69, 9.17) is 4.74 Å². The Morgan fingerprint density at radius 2 is 2.17 bits per heavy atom. The van der Waals surface area contributed by atoms with E-state index in [1.807, 2.05) is 39.0 Å². The lowest BCUT2D eigenvalue weighted by atomic mass is 10.1. The second-order valence-electron chi connectivity index (χ2n) is 7.10. The van der Waals surface area contributed by atoms with E-state index in [0.29, 0.717) is 6.54 Å². The van der Waals surface area contributed by atoms with Gasteiger partial charge >= 0.3 is 6.09 Å². The van der Waals surface area contributed by atoms with Gasteiger partial charge < -0.3 is 10.1 Å². The largest absolute Gasteiger partial charge is 0.443 e. The second-order valence-corrected chi connectivity index (χ2v) is 7.10. The van der Waals surface area contributed by atoms with E-state index in [2.05, 4.69) is 28.5 Å². The maximum absolute atomic E-state index is 12.3. The summed E-state index contributed by atoms with van der Waals surface area (Å²) < 4.78 is 5.48. The highest BCUT2D eigenvalue weighted by molar-refractivity contribution is 5.91. The van der Waals surface area contributed by atoms with Crippen molar-refractivity contribution in [2.45, 2.75) is 45.8 Å². The molecule has 128 valence electrons. The van der Waals surface area contributed by atoms with Crippen LogP contribution in [0.1, 0.15) is 45.0 Å². The van der Waals surface area contributed by atoms with Gasteiger partial charge in [-0.25, -0.2) is 4.79 Å². The molecule has 6 heteroatoms. The highest BCUT2D eigenvalue weighted by Gasteiger charge is 2.29. The first-order chi connectivity index (χ1) is 11.3. The molecule has 2 aromatic rings. The molecule has 0 saturated carbocycles. The highest BCUT2D eigenvalue weighted by Crippen LogP contribution is 2.32. The quantitative estimate of drug-likeness (QED) is 0.897. The first-order valence-corrected chi connectivity index (χ1v) is 8.23. The Bertz CT molecular complexity index is 719. The second kappa shape index (κ2) is 6.19. The zero-order valence-electron chi connectivity index (χ0n) is 14.6. The molecule has 1 aromatic carbocycles. The fourth-order valence-electron chi connectivity index (χ4n) is 2.83. The van der Waals surface area contributed by atoms with Gasteiger partial charge in [-0.3, -0.25) is 10.00 Å². The molecule has 0 radical (unpaired) electrons. The molecule has 0 spiro atoms. The third-order valence-electron chi connectivity index (χ3n) is 3.96. The summed E-state index contributed by atoms with van der Waals surface area (Å²) in [4.78, 5) is 14.0. The minimum Gasteiger partial charge on any atom is -0.443 e. The van der Waals surface area contributed by atoms with Gasteiger partial charge in [-0.1, -0.05) is 0 Å². The number of amides is 1. The standard InChI is InChI=1S/C18H24N4O2/c1-12(15-7-9-19-21-15)20-14-5-6-16-13(11-14)8-10-22(16)17(23)24-18(2,3)4/h5-7,9,11-12,20H,8,10H2,1-4H3,(H,19,21). The van der Waals surface area contributed by atoms with Crippen LogP contribution in [0.15, 0.2) is 30.5 Å². The average Bonchev–Trinajstić information content (AvgIpc) is 3.14. The summed E-state index contributed by atoms with van der Waals surface area (Å²) in [5.41, 5.74) is 3.67. The van der Waals surface area contributed by atoms with Gasteiger partial charge in [0.25, 0.3) is 0 Å². The number of nitrogens with one attached hydrogen (secondary N) is 2. The van der Waals surface area contributed by atoms with Crippen LogP contribution in [-0.4, -0.2) is 28.4 Å². The van der Waals surface area contributed by atoms with E-state index < -0.39 is 5.60 Å². The Labute approximate surface area is 142 Å². The molecule has 24 heavy (non-hydrogen) atoms. The third-order valence-corrected chi connectivity index (χ3v) is 3.96. The van der Waals surface area contributed by atoms with Gasteiger partial charge in [-0.2, -0.15) is 5.10 Å². The lowest BCUT2D eigenvalue weighted by Gasteiger charge is -2.25. The minimum absolute atomic E-state index is 0.133. The van der Waals surface area contributed by atoms with Crippen molar-refractivity contribution in [3.63, 3.8) is 0 Å². The van der Waals surface area contributed by atoms with Crippen LogP contribution in [0.2, 0.25) is 0 Å². The van der Waals surface area contributed by atoms with E-state index in [9.17, 15) is 4.79 Å². The van der Waals surface area contributed by atoms with Crippen LogP contribution in [0.3, 0.4) is 0 Å². The topological polar surface area (TPSA) is 70.2 Å². The molecule has 0 fully saturated rings. The summed E-state index contributed by atoms with van der Waals surface area (Å²) in [6, 6.07) is 8.17. The van der Waals surface area contributed by atoms with E-state index in [0.717, 1.165) is 29.1 Å². The zero-order valence-corrected chi connectivity index (χ0v) is 14.6. The van der Waals surface area contributed by atoms with Crippen molar-refractivity contribution in [1.82, 2.24) is 10.2 Å². The number of rotatable bonds is 3. The maximum Gasteiger partial charge on any atom is 0.414 e. The molecule has 1 atom stereocenters. The number of fused-ring (bicyclic) bond motifs is 1. The Morgan fingerprint density at radius 1 is 1.38 bits per heavy atom. The molecule has 2 N–H and O–H groups in total. The molecule has 1 aromatic heterocycles. The molecule has 6 nitrogen and oxygen atoms in total. The first kappa shape index (κ1) is 16.4. The van der Waals surface area contributed by atoms with Crippen molar-refractivity contribution in [2.24, 2.45) is 0 Å². The van der Waals surface area contributed by atoms with Gasteiger partial charge in [0.05, 0.1) is 17.4 Å². The predicted octanol–water partition coefficient (Wildman–Crippen LogP) is 3.88. The number of anilines is 2. The van der Waals surface area contributed by atoms with E-state index in [1.54, 1.807) is 11.1 Å². The molecule has 2 heterocycles. The van der Waals surface area contributed by atoms with Crippen molar-refractivity contribution in [3.05, 3.63) is 41.7 Å². The molecule has 1 amide bonds. The van der Waals surface area contributed by atoms with Crippen molar-refractivity contribution in [2.75, 3.05) is 16.8 Å². The monoisotopic (exact) mass is 328 g/mol. The summed E-state index contributed by atoms with van der Waals surface area (Å²) in [6.07, 6.45) is 2.30. The number of ether oxygens (including phenoxy) is 1. The van der Waals surface area contributed by atoms with Gasteiger partial charge in [0.2, 0.25) is 0 Å². The molecular formula is C18H24N4O2.